The van der Waals surface area contributed by atoms with Gasteiger partial charge in [0, 0.05) is 27.5 Å². The Morgan fingerprint density at radius 1 is 1.19 bits per heavy atom. The first kappa shape index (κ1) is 14.0. The number of carbonyl (C=O) groups is 1. The second-order valence-corrected chi connectivity index (χ2v) is 6.16. The van der Waals surface area contributed by atoms with Gasteiger partial charge in [-0.3, -0.25) is 4.79 Å². The number of nitrogens with one attached hydrogen (secondary N) is 1. The van der Waals surface area contributed by atoms with Crippen LogP contribution in [0.2, 0.25) is 0 Å². The Bertz CT molecular complexity index is 721. The van der Waals surface area contributed by atoms with Gasteiger partial charge in [0.1, 0.15) is 6.04 Å². The first-order valence-electron chi connectivity index (χ1n) is 6.66. The lowest BCUT2D eigenvalue weighted by molar-refractivity contribution is -0.116. The molecular weight excluding hydrogens is 284 g/mol. The monoisotopic (exact) mass is 300 g/mol. The number of anilines is 1. The van der Waals surface area contributed by atoms with Crippen LogP contribution in [0, 0.1) is 20.8 Å². The van der Waals surface area contributed by atoms with Crippen molar-refractivity contribution in [3.63, 3.8) is 0 Å². The minimum Gasteiger partial charge on any atom is -0.324 e. The molecule has 1 aromatic carbocycles. The van der Waals surface area contributed by atoms with Gasteiger partial charge in [0.15, 0.2) is 5.16 Å². The lowest BCUT2D eigenvalue weighted by Crippen LogP contribution is -2.19. The van der Waals surface area contributed by atoms with Crippen LogP contribution in [0.5, 0.6) is 0 Å². The van der Waals surface area contributed by atoms with E-state index in [0.29, 0.717) is 5.16 Å². The summed E-state index contributed by atoms with van der Waals surface area (Å²) < 4.78 is 0. The minimum atomic E-state index is -0.570. The highest BCUT2D eigenvalue weighted by molar-refractivity contribution is 7.99. The second-order valence-electron chi connectivity index (χ2n) is 5.12. The first-order valence-corrected chi connectivity index (χ1v) is 7.47. The van der Waals surface area contributed by atoms with Gasteiger partial charge >= 0.3 is 0 Å². The highest BCUT2D eigenvalue weighted by Gasteiger charge is 2.27. The van der Waals surface area contributed by atoms with E-state index >= 15 is 0 Å². The van der Waals surface area contributed by atoms with E-state index in [1.165, 1.54) is 11.8 Å². The van der Waals surface area contributed by atoms with Crippen LogP contribution in [-0.4, -0.2) is 15.9 Å². The van der Waals surface area contributed by atoms with E-state index in [9.17, 15) is 4.79 Å². The van der Waals surface area contributed by atoms with Crippen molar-refractivity contribution < 1.29 is 4.79 Å². The maximum atomic E-state index is 11.6. The number of aryl methyl sites for hydroxylation is 2. The van der Waals surface area contributed by atoms with Gasteiger partial charge < -0.3 is 11.1 Å². The van der Waals surface area contributed by atoms with Crippen LogP contribution in [0.4, 0.5) is 5.69 Å². The number of aromatic nitrogens is 2. The minimum absolute atomic E-state index is 0.162. The molecule has 1 aliphatic heterocycles. The highest BCUT2D eigenvalue weighted by Crippen LogP contribution is 2.34. The molecule has 0 saturated carbocycles. The van der Waals surface area contributed by atoms with Crippen LogP contribution < -0.4 is 11.1 Å². The fourth-order valence-electron chi connectivity index (χ4n) is 2.22. The van der Waals surface area contributed by atoms with Gasteiger partial charge in [-0.25, -0.2) is 9.97 Å². The van der Waals surface area contributed by atoms with Gasteiger partial charge in [-0.2, -0.15) is 0 Å². The summed E-state index contributed by atoms with van der Waals surface area (Å²) in [5.41, 5.74) is 10.5. The summed E-state index contributed by atoms with van der Waals surface area (Å²) in [6.07, 6.45) is 0. The molecule has 0 radical (unpaired) electrons. The van der Waals surface area contributed by atoms with E-state index in [1.807, 2.05) is 39.0 Å². The molecule has 21 heavy (non-hydrogen) atoms. The SMILES string of the molecule is Cc1nc(Sc2ccc3c(c2)NC(=O)C3N)nc(C)c1C. The summed E-state index contributed by atoms with van der Waals surface area (Å²) in [5, 5.41) is 3.50. The predicted molar refractivity (Wildman–Crippen MR) is 82.4 cm³/mol. The molecular formula is C15H16N4OS. The van der Waals surface area contributed by atoms with Crippen molar-refractivity contribution in [3.05, 3.63) is 40.7 Å². The second kappa shape index (κ2) is 5.13. The molecule has 3 rings (SSSR count). The number of benzene rings is 1. The molecule has 0 spiro atoms. The van der Waals surface area contributed by atoms with Crippen molar-refractivity contribution in [1.82, 2.24) is 9.97 Å². The largest absolute Gasteiger partial charge is 0.324 e. The number of carbonyl (C=O) groups excluding carboxylic acids is 1. The van der Waals surface area contributed by atoms with Crippen molar-refractivity contribution >= 4 is 23.4 Å². The number of fused-ring (bicyclic) bond motifs is 1. The fraction of sp³-hybridized carbons (Fsp3) is 0.267. The van der Waals surface area contributed by atoms with Gasteiger partial charge in [0.25, 0.3) is 0 Å². The molecule has 1 atom stereocenters. The number of hydrogen-bond donors (Lipinski definition) is 2. The zero-order chi connectivity index (χ0) is 15.1. The molecule has 3 N–H and O–H groups in total. The summed E-state index contributed by atoms with van der Waals surface area (Å²) >= 11 is 1.48. The zero-order valence-electron chi connectivity index (χ0n) is 12.1. The molecule has 5 nitrogen and oxygen atoms in total. The topological polar surface area (TPSA) is 80.9 Å². The molecule has 1 aromatic heterocycles. The summed E-state index contributed by atoms with van der Waals surface area (Å²) in [7, 11) is 0. The summed E-state index contributed by atoms with van der Waals surface area (Å²) in [6.45, 7) is 5.98. The van der Waals surface area contributed by atoms with Crippen molar-refractivity contribution in [1.29, 1.82) is 0 Å². The summed E-state index contributed by atoms with van der Waals surface area (Å²) in [6, 6.07) is 5.17. The Morgan fingerprint density at radius 2 is 1.86 bits per heavy atom. The lowest BCUT2D eigenvalue weighted by atomic mass is 10.1. The normalized spacial score (nSPS) is 16.8. The van der Waals surface area contributed by atoms with Gasteiger partial charge in [-0.15, -0.1) is 0 Å². The van der Waals surface area contributed by atoms with Crippen molar-refractivity contribution in [2.75, 3.05) is 5.32 Å². The van der Waals surface area contributed by atoms with Crippen molar-refractivity contribution in [3.8, 4) is 0 Å². The van der Waals surface area contributed by atoms with E-state index in [-0.39, 0.29) is 5.91 Å². The van der Waals surface area contributed by atoms with Gasteiger partial charge in [-0.1, -0.05) is 6.07 Å². The molecule has 6 heteroatoms. The van der Waals surface area contributed by atoms with Crippen molar-refractivity contribution in [2.24, 2.45) is 5.73 Å². The third kappa shape index (κ3) is 2.52. The lowest BCUT2D eigenvalue weighted by Gasteiger charge is -2.08. The number of hydrogen-bond acceptors (Lipinski definition) is 5. The molecule has 2 aromatic rings. The Labute approximate surface area is 127 Å². The van der Waals surface area contributed by atoms with Gasteiger partial charge in [0.2, 0.25) is 5.91 Å². The highest BCUT2D eigenvalue weighted by atomic mass is 32.2. The van der Waals surface area contributed by atoms with E-state index in [4.69, 9.17) is 5.73 Å². The van der Waals surface area contributed by atoms with Crippen LogP contribution in [0.1, 0.15) is 28.6 Å². The van der Waals surface area contributed by atoms with Gasteiger partial charge in [-0.05, 0) is 50.2 Å². The molecule has 1 unspecified atom stereocenters. The smallest absolute Gasteiger partial charge is 0.245 e. The average Bonchev–Trinajstić information content (AvgIpc) is 2.71. The molecule has 108 valence electrons. The Morgan fingerprint density at radius 3 is 2.52 bits per heavy atom. The number of nitrogens with two attached hydrogens (primary N) is 1. The van der Waals surface area contributed by atoms with Crippen molar-refractivity contribution in [2.45, 2.75) is 36.9 Å². The summed E-state index contributed by atoms with van der Waals surface area (Å²) in [4.78, 5) is 21.5. The molecule has 0 bridgehead atoms. The maximum absolute atomic E-state index is 11.6. The summed E-state index contributed by atoms with van der Waals surface area (Å²) in [5.74, 6) is -0.162. The zero-order valence-corrected chi connectivity index (χ0v) is 12.9. The van der Waals surface area contributed by atoms with Crippen LogP contribution in [-0.2, 0) is 4.79 Å². The van der Waals surface area contributed by atoms with Crippen LogP contribution in [0.25, 0.3) is 0 Å². The molecule has 0 fully saturated rings. The molecule has 0 saturated heterocycles. The predicted octanol–water partition coefficient (Wildman–Crippen LogP) is 2.50. The molecule has 2 heterocycles. The number of nitrogens with zero attached hydrogens (tertiary/aromatic N) is 2. The van der Waals surface area contributed by atoms with E-state index in [0.717, 1.165) is 33.1 Å². The molecule has 1 aliphatic rings. The van der Waals surface area contributed by atoms with E-state index in [2.05, 4.69) is 15.3 Å². The van der Waals surface area contributed by atoms with E-state index < -0.39 is 6.04 Å². The Hall–Kier alpha value is -1.92. The first-order chi connectivity index (χ1) is 9.95. The van der Waals surface area contributed by atoms with Crippen LogP contribution in [0.15, 0.2) is 28.3 Å². The standard InChI is InChI=1S/C15H16N4OS/c1-7-8(2)17-15(18-9(7)3)21-10-4-5-11-12(6-10)19-14(20)13(11)16/h4-6,13H,16H2,1-3H3,(H,19,20). The average molecular weight is 300 g/mol. The maximum Gasteiger partial charge on any atom is 0.245 e. The van der Waals surface area contributed by atoms with E-state index in [1.54, 1.807) is 0 Å². The van der Waals surface area contributed by atoms with Crippen LogP contribution in [0.3, 0.4) is 0 Å². The molecule has 1 amide bonds. The van der Waals surface area contributed by atoms with Crippen LogP contribution >= 0.6 is 11.8 Å². The fourth-order valence-corrected chi connectivity index (χ4v) is 3.11. The number of amides is 1. The van der Waals surface area contributed by atoms with Gasteiger partial charge in [0.05, 0.1) is 0 Å². The Kier molecular flexibility index (Phi) is 3.43. The quantitative estimate of drug-likeness (QED) is 0.833. The molecule has 0 aliphatic carbocycles. The number of rotatable bonds is 2. The third-order valence-corrected chi connectivity index (χ3v) is 4.58. The third-order valence-electron chi connectivity index (χ3n) is 3.72. The Balaban J connectivity index is 1.90.